The lowest BCUT2D eigenvalue weighted by atomic mass is 9.98. The fourth-order valence-corrected chi connectivity index (χ4v) is 7.41. The lowest BCUT2D eigenvalue weighted by molar-refractivity contribution is 1.18. The number of thiophene rings is 1. The minimum atomic E-state index is 0.644. The monoisotopic (exact) mass is 644 g/mol. The van der Waals surface area contributed by atoms with E-state index in [4.69, 9.17) is 19.9 Å². The molecule has 0 unspecified atom stereocenters. The average Bonchev–Trinajstić information content (AvgIpc) is 3.57. The van der Waals surface area contributed by atoms with Crippen LogP contribution in [0.3, 0.4) is 0 Å². The molecule has 0 N–H and O–H groups in total. The summed E-state index contributed by atoms with van der Waals surface area (Å²) >= 11 is 1.70. The predicted molar refractivity (Wildman–Crippen MR) is 203 cm³/mol. The van der Waals surface area contributed by atoms with Gasteiger partial charge in [0, 0.05) is 43.3 Å². The predicted octanol–water partition coefficient (Wildman–Crippen LogP) is 11.6. The van der Waals surface area contributed by atoms with Gasteiger partial charge in [-0.1, -0.05) is 140 Å². The summed E-state index contributed by atoms with van der Waals surface area (Å²) in [5.74, 6) is 1.31. The van der Waals surface area contributed by atoms with Gasteiger partial charge in [0.1, 0.15) is 4.83 Å². The summed E-state index contributed by atoms with van der Waals surface area (Å²) in [6.45, 7) is 0. The smallest absolute Gasteiger partial charge is 0.161 e. The molecular weight excluding hydrogens is 617 g/mol. The van der Waals surface area contributed by atoms with Crippen LogP contribution in [0.25, 0.3) is 88.0 Å². The molecule has 4 nitrogen and oxygen atoms in total. The lowest BCUT2D eigenvalue weighted by Crippen LogP contribution is -1.98. The Balaban J connectivity index is 1.30. The molecule has 0 aliphatic rings. The van der Waals surface area contributed by atoms with E-state index < -0.39 is 0 Å². The van der Waals surface area contributed by atoms with E-state index in [2.05, 4.69) is 121 Å². The summed E-state index contributed by atoms with van der Waals surface area (Å²) in [6.07, 6.45) is 0. The van der Waals surface area contributed by atoms with Gasteiger partial charge in [0.15, 0.2) is 11.6 Å². The van der Waals surface area contributed by atoms with Crippen LogP contribution < -0.4 is 0 Å². The topological polar surface area (TPSA) is 51.6 Å². The Morgan fingerprint density at radius 1 is 0.347 bits per heavy atom. The maximum atomic E-state index is 5.32. The van der Waals surface area contributed by atoms with Gasteiger partial charge in [0.2, 0.25) is 0 Å². The van der Waals surface area contributed by atoms with Gasteiger partial charge in [-0.2, -0.15) is 0 Å². The van der Waals surface area contributed by atoms with E-state index in [1.807, 2.05) is 48.5 Å². The van der Waals surface area contributed by atoms with Crippen LogP contribution >= 0.6 is 11.3 Å². The summed E-state index contributed by atoms with van der Waals surface area (Å²) < 4.78 is 1.19. The molecule has 0 radical (unpaired) electrons. The van der Waals surface area contributed by atoms with Crippen molar-refractivity contribution in [3.8, 4) is 67.7 Å². The van der Waals surface area contributed by atoms with Gasteiger partial charge in [-0.15, -0.1) is 11.3 Å². The molecule has 5 heteroatoms. The van der Waals surface area contributed by atoms with Crippen molar-refractivity contribution >= 4 is 31.6 Å². The molecule has 49 heavy (non-hydrogen) atoms. The van der Waals surface area contributed by atoms with Gasteiger partial charge < -0.3 is 0 Å². The van der Waals surface area contributed by atoms with Gasteiger partial charge >= 0.3 is 0 Å². The zero-order valence-corrected chi connectivity index (χ0v) is 27.2. The number of hydrogen-bond acceptors (Lipinski definition) is 5. The van der Waals surface area contributed by atoms with Crippen molar-refractivity contribution in [1.29, 1.82) is 0 Å². The third kappa shape index (κ3) is 5.56. The van der Waals surface area contributed by atoms with Crippen LogP contribution in [-0.2, 0) is 0 Å². The number of hydrogen-bond donors (Lipinski definition) is 0. The van der Waals surface area contributed by atoms with Crippen molar-refractivity contribution in [2.75, 3.05) is 0 Å². The minimum Gasteiger partial charge on any atom is -0.228 e. The quantitative estimate of drug-likeness (QED) is 0.181. The Morgan fingerprint density at radius 2 is 0.816 bits per heavy atom. The molecule has 9 aromatic rings. The number of rotatable bonds is 6. The van der Waals surface area contributed by atoms with Crippen LogP contribution in [0.1, 0.15) is 0 Å². The highest BCUT2D eigenvalue weighted by molar-refractivity contribution is 7.25. The van der Waals surface area contributed by atoms with Crippen LogP contribution in [0.2, 0.25) is 0 Å². The molecular formula is C44H28N4S. The molecule has 3 heterocycles. The second kappa shape index (κ2) is 12.4. The second-order valence-electron chi connectivity index (χ2n) is 11.9. The molecule has 3 aromatic heterocycles. The Kier molecular flexibility index (Phi) is 7.30. The number of fused-ring (bicyclic) bond motifs is 3. The van der Waals surface area contributed by atoms with E-state index in [1.165, 1.54) is 10.1 Å². The van der Waals surface area contributed by atoms with Crippen LogP contribution in [0, 0.1) is 0 Å². The second-order valence-corrected chi connectivity index (χ2v) is 12.9. The summed E-state index contributed by atoms with van der Waals surface area (Å²) in [7, 11) is 0. The standard InChI is InChI=1S/C44H28N4S/c1-5-15-29(16-6-1)33-25-34(42-45-37(30-17-7-2-8-18-30)28-38(46-42)31-19-9-3-10-20-31)27-35(26-33)43-47-41(32-21-11-4-12-22-32)40-36-23-13-14-24-39(36)49-44(40)48-43/h1-28H. The van der Waals surface area contributed by atoms with Crippen molar-refractivity contribution in [3.05, 3.63) is 170 Å². The summed E-state index contributed by atoms with van der Waals surface area (Å²) in [5.41, 5.74) is 9.74. The summed E-state index contributed by atoms with van der Waals surface area (Å²) in [6, 6.07) is 58.5. The van der Waals surface area contributed by atoms with Crippen molar-refractivity contribution in [2.45, 2.75) is 0 Å². The molecule has 0 atom stereocenters. The molecule has 9 rings (SSSR count). The third-order valence-corrected chi connectivity index (χ3v) is 9.77. The van der Waals surface area contributed by atoms with Crippen molar-refractivity contribution in [1.82, 2.24) is 19.9 Å². The van der Waals surface area contributed by atoms with Crippen LogP contribution in [0.15, 0.2) is 170 Å². The lowest BCUT2D eigenvalue weighted by Gasteiger charge is -2.13. The average molecular weight is 645 g/mol. The number of nitrogens with zero attached hydrogens (tertiary/aromatic N) is 4. The maximum absolute atomic E-state index is 5.32. The van der Waals surface area contributed by atoms with Gasteiger partial charge in [-0.05, 0) is 41.5 Å². The molecule has 0 saturated carbocycles. The first-order valence-electron chi connectivity index (χ1n) is 16.2. The van der Waals surface area contributed by atoms with E-state index in [-0.39, 0.29) is 0 Å². The molecule has 0 aliphatic heterocycles. The molecule has 6 aromatic carbocycles. The van der Waals surface area contributed by atoms with Crippen molar-refractivity contribution in [3.63, 3.8) is 0 Å². The zero-order chi connectivity index (χ0) is 32.6. The Bertz CT molecular complexity index is 2530. The van der Waals surface area contributed by atoms with Crippen LogP contribution in [0.4, 0.5) is 0 Å². The first kappa shape index (κ1) is 28.9. The molecule has 230 valence electrons. The molecule has 0 aliphatic carbocycles. The number of aromatic nitrogens is 4. The van der Waals surface area contributed by atoms with E-state index in [1.54, 1.807) is 11.3 Å². The first-order valence-corrected chi connectivity index (χ1v) is 17.0. The molecule has 0 amide bonds. The van der Waals surface area contributed by atoms with Gasteiger partial charge in [-0.25, -0.2) is 19.9 Å². The zero-order valence-electron chi connectivity index (χ0n) is 26.4. The van der Waals surface area contributed by atoms with Gasteiger partial charge in [0.25, 0.3) is 0 Å². The third-order valence-electron chi connectivity index (χ3n) is 8.71. The molecule has 0 fully saturated rings. The van der Waals surface area contributed by atoms with Crippen LogP contribution in [0.5, 0.6) is 0 Å². The SMILES string of the molecule is c1ccc(-c2cc(-c3nc(-c4ccccc4)cc(-c4ccccc4)n3)cc(-c3nc(-c4ccccc4)c4c(n3)sc3ccccc34)c2)cc1. The van der Waals surface area contributed by atoms with Gasteiger partial charge in [0.05, 0.1) is 17.1 Å². The molecule has 0 bridgehead atoms. The summed E-state index contributed by atoms with van der Waals surface area (Å²) in [5, 5.41) is 2.26. The first-order chi connectivity index (χ1) is 24.3. The van der Waals surface area contributed by atoms with E-state index in [0.717, 1.165) is 66.2 Å². The highest BCUT2D eigenvalue weighted by Gasteiger charge is 2.19. The van der Waals surface area contributed by atoms with E-state index >= 15 is 0 Å². The highest BCUT2D eigenvalue weighted by atomic mass is 32.1. The number of benzene rings is 6. The van der Waals surface area contributed by atoms with Gasteiger partial charge in [-0.3, -0.25) is 0 Å². The normalized spacial score (nSPS) is 11.3. The largest absolute Gasteiger partial charge is 0.228 e. The van der Waals surface area contributed by atoms with E-state index in [0.29, 0.717) is 11.6 Å². The Hall–Kier alpha value is -6.30. The van der Waals surface area contributed by atoms with Crippen LogP contribution in [-0.4, -0.2) is 19.9 Å². The molecule has 0 saturated heterocycles. The van der Waals surface area contributed by atoms with E-state index in [9.17, 15) is 0 Å². The Morgan fingerprint density at radius 3 is 1.41 bits per heavy atom. The fraction of sp³-hybridized carbons (Fsp3) is 0. The maximum Gasteiger partial charge on any atom is 0.161 e. The van der Waals surface area contributed by atoms with Crippen molar-refractivity contribution < 1.29 is 0 Å². The summed E-state index contributed by atoms with van der Waals surface area (Å²) in [4.78, 5) is 21.8. The van der Waals surface area contributed by atoms with Crippen molar-refractivity contribution in [2.24, 2.45) is 0 Å². The minimum absolute atomic E-state index is 0.644. The fourth-order valence-electron chi connectivity index (χ4n) is 6.33. The highest BCUT2D eigenvalue weighted by Crippen LogP contribution is 2.40. The molecule has 0 spiro atoms. The Labute approximate surface area is 288 Å².